The van der Waals surface area contributed by atoms with E-state index >= 15 is 0 Å². The van der Waals surface area contributed by atoms with Gasteiger partial charge in [-0.3, -0.25) is 9.59 Å². The van der Waals surface area contributed by atoms with E-state index in [4.69, 9.17) is 21.1 Å². The van der Waals surface area contributed by atoms with Gasteiger partial charge in [0.15, 0.2) is 11.5 Å². The second-order valence-corrected chi connectivity index (χ2v) is 6.80. The minimum absolute atomic E-state index is 0.0268. The van der Waals surface area contributed by atoms with E-state index in [1.54, 1.807) is 37.6 Å². The van der Waals surface area contributed by atoms with Crippen molar-refractivity contribution in [2.75, 3.05) is 14.2 Å². The number of aromatic hydroxyl groups is 1. The first-order valence-electron chi connectivity index (χ1n) is 9.16. The summed E-state index contributed by atoms with van der Waals surface area (Å²) in [4.78, 5) is 25.1. The highest BCUT2D eigenvalue weighted by atomic mass is 35.5. The maximum absolute atomic E-state index is 12.7. The Morgan fingerprint density at radius 1 is 1.16 bits per heavy atom. The number of phenolic OH excluding ortho intramolecular Hbond substituents is 1. The summed E-state index contributed by atoms with van der Waals surface area (Å²) in [6, 6.07) is 13.4. The van der Waals surface area contributed by atoms with Crippen molar-refractivity contribution < 1.29 is 19.4 Å². The molecule has 3 rings (SSSR count). The van der Waals surface area contributed by atoms with Crippen LogP contribution in [0, 0.1) is 0 Å². The Hall–Kier alpha value is -3.78. The second-order valence-electron chi connectivity index (χ2n) is 6.42. The molecule has 0 aliphatic rings. The summed E-state index contributed by atoms with van der Waals surface area (Å²) in [6.45, 7) is 0.300. The first-order valence-corrected chi connectivity index (χ1v) is 9.53. The van der Waals surface area contributed by atoms with Crippen LogP contribution < -0.4 is 20.5 Å². The molecule has 0 spiro atoms. The van der Waals surface area contributed by atoms with Gasteiger partial charge in [0, 0.05) is 11.8 Å². The molecule has 0 fully saturated rings. The Kier molecular flexibility index (Phi) is 6.94. The number of phenols is 1. The molecule has 8 nitrogen and oxygen atoms in total. The van der Waals surface area contributed by atoms with E-state index in [2.05, 4.69) is 10.5 Å². The van der Waals surface area contributed by atoms with Crippen molar-refractivity contribution in [3.05, 3.63) is 86.8 Å². The van der Waals surface area contributed by atoms with Crippen LogP contribution in [0.4, 0.5) is 0 Å². The Morgan fingerprint density at radius 2 is 1.90 bits per heavy atom. The van der Waals surface area contributed by atoms with Crippen LogP contribution in [-0.4, -0.2) is 36.0 Å². The number of carbonyl (C=O) groups excluding carboxylic acids is 1. The van der Waals surface area contributed by atoms with Crippen LogP contribution in [-0.2, 0) is 6.54 Å². The maximum atomic E-state index is 12.7. The van der Waals surface area contributed by atoms with Crippen molar-refractivity contribution >= 4 is 23.7 Å². The van der Waals surface area contributed by atoms with Gasteiger partial charge in [-0.2, -0.15) is 5.10 Å². The highest BCUT2D eigenvalue weighted by Crippen LogP contribution is 2.35. The number of hydrazone groups is 1. The summed E-state index contributed by atoms with van der Waals surface area (Å²) >= 11 is 6.06. The lowest BCUT2D eigenvalue weighted by Crippen LogP contribution is -2.30. The van der Waals surface area contributed by atoms with Crippen molar-refractivity contribution in [1.29, 1.82) is 0 Å². The van der Waals surface area contributed by atoms with Crippen molar-refractivity contribution in [3.8, 4) is 17.2 Å². The Balaban J connectivity index is 1.73. The van der Waals surface area contributed by atoms with Gasteiger partial charge in [0.1, 0.15) is 11.3 Å². The zero-order valence-corrected chi connectivity index (χ0v) is 17.6. The molecule has 2 aromatic carbocycles. The van der Waals surface area contributed by atoms with E-state index in [0.29, 0.717) is 17.9 Å². The average Bonchev–Trinajstić information content (AvgIpc) is 2.78. The lowest BCUT2D eigenvalue weighted by atomic mass is 10.2. The number of hydrogen-bond donors (Lipinski definition) is 2. The van der Waals surface area contributed by atoms with Gasteiger partial charge in [0.05, 0.1) is 32.0 Å². The van der Waals surface area contributed by atoms with E-state index in [0.717, 1.165) is 5.56 Å². The predicted molar refractivity (Wildman–Crippen MR) is 118 cm³/mol. The summed E-state index contributed by atoms with van der Waals surface area (Å²) in [7, 11) is 2.98. The molecule has 1 heterocycles. The van der Waals surface area contributed by atoms with Crippen LogP contribution in [0.3, 0.4) is 0 Å². The summed E-state index contributed by atoms with van der Waals surface area (Å²) in [5.74, 6) is 0.0309. The third kappa shape index (κ3) is 5.04. The SMILES string of the molecule is COc1ccc(Cn2cccc(C(=O)N/N=C\c3ccc(OC)c(O)c3Cl)c2=O)cc1. The number of nitrogens with zero attached hydrogens (tertiary/aromatic N) is 2. The Morgan fingerprint density at radius 3 is 2.58 bits per heavy atom. The number of methoxy groups -OCH3 is 2. The lowest BCUT2D eigenvalue weighted by Gasteiger charge is -2.08. The summed E-state index contributed by atoms with van der Waals surface area (Å²) < 4.78 is 11.5. The van der Waals surface area contributed by atoms with Gasteiger partial charge in [0.25, 0.3) is 11.5 Å². The minimum Gasteiger partial charge on any atom is -0.503 e. The quantitative estimate of drug-likeness (QED) is 0.433. The van der Waals surface area contributed by atoms with Crippen LogP contribution in [0.1, 0.15) is 21.5 Å². The number of rotatable bonds is 7. The zero-order valence-electron chi connectivity index (χ0n) is 16.8. The molecule has 3 aromatic rings. The molecular weight excluding hydrogens is 422 g/mol. The van der Waals surface area contributed by atoms with Gasteiger partial charge in [-0.05, 0) is 42.0 Å². The normalized spacial score (nSPS) is 10.8. The molecule has 31 heavy (non-hydrogen) atoms. The number of ether oxygens (including phenoxy) is 2. The number of halogens is 1. The van der Waals surface area contributed by atoms with Crippen LogP contribution in [0.2, 0.25) is 5.02 Å². The van der Waals surface area contributed by atoms with Gasteiger partial charge < -0.3 is 19.1 Å². The van der Waals surface area contributed by atoms with Gasteiger partial charge >= 0.3 is 0 Å². The third-order valence-electron chi connectivity index (χ3n) is 4.48. The van der Waals surface area contributed by atoms with Crippen LogP contribution in [0.15, 0.2) is 64.6 Å². The molecule has 0 atom stereocenters. The molecule has 2 N–H and O–H groups in total. The number of carbonyl (C=O) groups is 1. The molecule has 0 saturated heterocycles. The first-order chi connectivity index (χ1) is 14.9. The number of pyridine rings is 1. The summed E-state index contributed by atoms with van der Waals surface area (Å²) in [6.07, 6.45) is 2.87. The van der Waals surface area contributed by atoms with Gasteiger partial charge in [-0.1, -0.05) is 23.7 Å². The maximum Gasteiger partial charge on any atom is 0.276 e. The largest absolute Gasteiger partial charge is 0.503 e. The summed E-state index contributed by atoms with van der Waals surface area (Å²) in [5.41, 5.74) is 3.04. The molecule has 0 radical (unpaired) electrons. The fraction of sp³-hybridized carbons (Fsp3) is 0.136. The molecule has 1 amide bonds. The molecule has 0 saturated carbocycles. The first kappa shape index (κ1) is 21.9. The zero-order chi connectivity index (χ0) is 22.4. The minimum atomic E-state index is -0.667. The number of aromatic nitrogens is 1. The molecule has 9 heteroatoms. The fourth-order valence-corrected chi connectivity index (χ4v) is 3.01. The molecular formula is C22H20ClN3O5. The number of nitrogens with one attached hydrogen (secondary N) is 1. The Bertz CT molecular complexity index is 1170. The highest BCUT2D eigenvalue weighted by molar-refractivity contribution is 6.34. The van der Waals surface area contributed by atoms with E-state index in [1.165, 1.54) is 30.0 Å². The van der Waals surface area contributed by atoms with Crippen molar-refractivity contribution in [3.63, 3.8) is 0 Å². The van der Waals surface area contributed by atoms with Gasteiger partial charge in [0.2, 0.25) is 0 Å². The van der Waals surface area contributed by atoms with Gasteiger partial charge in [-0.15, -0.1) is 0 Å². The highest BCUT2D eigenvalue weighted by Gasteiger charge is 2.13. The van der Waals surface area contributed by atoms with Crippen LogP contribution in [0.25, 0.3) is 0 Å². The third-order valence-corrected chi connectivity index (χ3v) is 4.87. The number of amides is 1. The van der Waals surface area contributed by atoms with Crippen molar-refractivity contribution in [2.24, 2.45) is 5.10 Å². The van der Waals surface area contributed by atoms with E-state index < -0.39 is 11.5 Å². The smallest absolute Gasteiger partial charge is 0.276 e. The molecule has 160 valence electrons. The standard InChI is InChI=1S/C22H20ClN3O5/c1-30-16-8-5-14(6-9-16)13-26-11-3-4-17(22(26)29)21(28)25-24-12-15-7-10-18(31-2)20(27)19(15)23/h3-12,27H,13H2,1-2H3,(H,25,28)/b24-12-. The van der Waals surface area contributed by atoms with Crippen molar-refractivity contribution in [1.82, 2.24) is 9.99 Å². The van der Waals surface area contributed by atoms with Crippen LogP contribution >= 0.6 is 11.6 Å². The van der Waals surface area contributed by atoms with Gasteiger partial charge in [-0.25, -0.2) is 5.43 Å². The molecule has 1 aromatic heterocycles. The number of hydrogen-bond acceptors (Lipinski definition) is 6. The molecule has 0 aliphatic heterocycles. The van der Waals surface area contributed by atoms with E-state index in [1.807, 2.05) is 12.1 Å². The Labute approximate surface area is 183 Å². The second kappa shape index (κ2) is 9.82. The molecule has 0 bridgehead atoms. The van der Waals surface area contributed by atoms with E-state index in [9.17, 15) is 14.7 Å². The topological polar surface area (TPSA) is 102 Å². The molecule has 0 aliphatic carbocycles. The molecule has 0 unspecified atom stereocenters. The lowest BCUT2D eigenvalue weighted by molar-refractivity contribution is 0.0953. The van der Waals surface area contributed by atoms with E-state index in [-0.39, 0.29) is 22.1 Å². The monoisotopic (exact) mass is 441 g/mol. The number of benzene rings is 2. The van der Waals surface area contributed by atoms with Crippen LogP contribution in [0.5, 0.6) is 17.2 Å². The summed E-state index contributed by atoms with van der Waals surface area (Å²) in [5, 5.41) is 13.8. The average molecular weight is 442 g/mol. The van der Waals surface area contributed by atoms with Crippen molar-refractivity contribution in [2.45, 2.75) is 6.54 Å². The predicted octanol–water partition coefficient (Wildman–Crippen LogP) is 3.04. The fourth-order valence-electron chi connectivity index (χ4n) is 2.81.